The zero-order chi connectivity index (χ0) is 15.0. The molecular formula is C20H40Sn. The van der Waals surface area contributed by atoms with Gasteiger partial charge in [0.15, 0.2) is 0 Å². The van der Waals surface area contributed by atoms with Crippen LogP contribution in [0.1, 0.15) is 104 Å². The van der Waals surface area contributed by atoms with Crippen LogP contribution in [0.2, 0.25) is 16.7 Å². The predicted molar refractivity (Wildman–Crippen MR) is 98.9 cm³/mol. The molecule has 21 heavy (non-hydrogen) atoms. The van der Waals surface area contributed by atoms with Crippen molar-refractivity contribution in [2.45, 2.75) is 120 Å². The first-order valence-electron chi connectivity index (χ1n) is 10.3. The molecule has 2 saturated carbocycles. The first kappa shape index (κ1) is 18.1. The van der Waals surface area contributed by atoms with Gasteiger partial charge in [0, 0.05) is 0 Å². The average Bonchev–Trinajstić information content (AvgIpc) is 3.19. The summed E-state index contributed by atoms with van der Waals surface area (Å²) in [5.74, 6) is 0. The zero-order valence-electron chi connectivity index (χ0n) is 15.0. The van der Waals surface area contributed by atoms with Gasteiger partial charge in [0.25, 0.3) is 0 Å². The van der Waals surface area contributed by atoms with Crippen molar-refractivity contribution in [3.8, 4) is 0 Å². The first-order valence-corrected chi connectivity index (χ1v) is 17.7. The number of hydrogen-bond donors (Lipinski definition) is 0. The van der Waals surface area contributed by atoms with E-state index in [-0.39, 0.29) is 0 Å². The molecule has 0 bridgehead atoms. The Labute approximate surface area is 138 Å². The van der Waals surface area contributed by atoms with Crippen molar-refractivity contribution < 1.29 is 0 Å². The van der Waals surface area contributed by atoms with Crippen LogP contribution in [0.25, 0.3) is 0 Å². The summed E-state index contributed by atoms with van der Waals surface area (Å²) in [4.78, 5) is 0. The van der Waals surface area contributed by atoms with Crippen LogP contribution in [0.15, 0.2) is 0 Å². The summed E-state index contributed by atoms with van der Waals surface area (Å²) in [7, 11) is 0. The molecule has 0 aromatic carbocycles. The third-order valence-corrected chi connectivity index (χ3v) is 26.7. The van der Waals surface area contributed by atoms with Crippen LogP contribution >= 0.6 is 0 Å². The Kier molecular flexibility index (Phi) is 8.49. The summed E-state index contributed by atoms with van der Waals surface area (Å²) >= 11 is -1.91. The maximum absolute atomic E-state index is 2.39. The van der Waals surface area contributed by atoms with Crippen LogP contribution in [0.5, 0.6) is 0 Å². The first-order chi connectivity index (χ1) is 10.3. The number of rotatable bonds is 10. The summed E-state index contributed by atoms with van der Waals surface area (Å²) in [6.45, 7) is 4.78. The van der Waals surface area contributed by atoms with Crippen molar-refractivity contribution in [3.63, 3.8) is 0 Å². The van der Waals surface area contributed by atoms with E-state index in [1.165, 1.54) is 33.6 Å². The van der Waals surface area contributed by atoms with Gasteiger partial charge in [0.05, 0.1) is 0 Å². The van der Waals surface area contributed by atoms with E-state index in [2.05, 4.69) is 13.8 Å². The van der Waals surface area contributed by atoms with E-state index in [1.54, 1.807) is 73.1 Å². The molecule has 2 aliphatic carbocycles. The standard InChI is InChI=1S/2C5H9.2C5H11.Sn/c2*1-2-4-5-3-1;2*1-3-5-4-2;/h2*1H,2-5H2;2*1,3-5H2,2H3;. The molecule has 0 nitrogen and oxygen atoms in total. The van der Waals surface area contributed by atoms with E-state index >= 15 is 0 Å². The van der Waals surface area contributed by atoms with Crippen molar-refractivity contribution in [3.05, 3.63) is 0 Å². The van der Waals surface area contributed by atoms with E-state index in [4.69, 9.17) is 0 Å². The fourth-order valence-corrected chi connectivity index (χ4v) is 27.0. The average molecular weight is 399 g/mol. The second-order valence-electron chi connectivity index (χ2n) is 8.11. The van der Waals surface area contributed by atoms with Gasteiger partial charge in [-0.25, -0.2) is 0 Å². The number of unbranched alkanes of at least 4 members (excludes halogenated alkanes) is 4. The van der Waals surface area contributed by atoms with Gasteiger partial charge in [0.1, 0.15) is 0 Å². The second-order valence-corrected chi connectivity index (χ2v) is 22.7. The molecule has 0 N–H and O–H groups in total. The Bertz CT molecular complexity index is 233. The van der Waals surface area contributed by atoms with Crippen LogP contribution in [-0.4, -0.2) is 18.4 Å². The quantitative estimate of drug-likeness (QED) is 0.261. The van der Waals surface area contributed by atoms with E-state index in [0.717, 1.165) is 0 Å². The van der Waals surface area contributed by atoms with E-state index in [9.17, 15) is 0 Å². The molecule has 0 unspecified atom stereocenters. The Morgan fingerprint density at radius 3 is 1.33 bits per heavy atom. The Hall–Kier alpha value is 0.799. The van der Waals surface area contributed by atoms with Crippen molar-refractivity contribution in [2.24, 2.45) is 0 Å². The summed E-state index contributed by atoms with van der Waals surface area (Å²) in [5.41, 5.74) is 0. The Balaban J connectivity index is 2.08. The fraction of sp³-hybridized carbons (Fsp3) is 1.00. The Morgan fingerprint density at radius 2 is 1.00 bits per heavy atom. The van der Waals surface area contributed by atoms with Crippen LogP contribution < -0.4 is 0 Å². The van der Waals surface area contributed by atoms with Crippen LogP contribution in [0.4, 0.5) is 0 Å². The molecule has 0 aromatic heterocycles. The summed E-state index contributed by atoms with van der Waals surface area (Å²) in [6, 6.07) is 0. The molecule has 0 radical (unpaired) electrons. The molecular weight excluding hydrogens is 359 g/mol. The fourth-order valence-electron chi connectivity index (χ4n) is 5.68. The van der Waals surface area contributed by atoms with Crippen LogP contribution in [0.3, 0.4) is 0 Å². The molecule has 0 atom stereocenters. The van der Waals surface area contributed by atoms with Crippen molar-refractivity contribution >= 4 is 18.4 Å². The molecule has 0 heterocycles. The molecule has 0 saturated heterocycles. The van der Waals surface area contributed by atoms with Crippen molar-refractivity contribution in [2.75, 3.05) is 0 Å². The molecule has 1 heteroatoms. The summed E-state index contributed by atoms with van der Waals surface area (Å²) < 4.78 is 6.16. The molecule has 0 aromatic rings. The van der Waals surface area contributed by atoms with Gasteiger partial charge in [-0.1, -0.05) is 0 Å². The van der Waals surface area contributed by atoms with Gasteiger partial charge in [-0.05, 0) is 0 Å². The topological polar surface area (TPSA) is 0 Å². The summed E-state index contributed by atoms with van der Waals surface area (Å²) in [6.07, 6.45) is 22.0. The minimum atomic E-state index is -1.91. The van der Waals surface area contributed by atoms with Gasteiger partial charge in [-0.2, -0.15) is 0 Å². The van der Waals surface area contributed by atoms with Crippen LogP contribution in [0, 0.1) is 0 Å². The molecule has 2 rings (SSSR count). The second kappa shape index (κ2) is 9.83. The molecule has 2 fully saturated rings. The van der Waals surface area contributed by atoms with Gasteiger partial charge < -0.3 is 0 Å². The van der Waals surface area contributed by atoms with Crippen LogP contribution in [-0.2, 0) is 0 Å². The molecule has 2 aliphatic rings. The van der Waals surface area contributed by atoms with Gasteiger partial charge >= 0.3 is 139 Å². The number of hydrogen-bond acceptors (Lipinski definition) is 0. The maximum atomic E-state index is 2.39. The Morgan fingerprint density at radius 1 is 0.619 bits per heavy atom. The van der Waals surface area contributed by atoms with Crippen molar-refractivity contribution in [1.29, 1.82) is 0 Å². The van der Waals surface area contributed by atoms with E-state index in [0.29, 0.717) is 0 Å². The predicted octanol–water partition coefficient (Wildman–Crippen LogP) is 7.70. The van der Waals surface area contributed by atoms with Gasteiger partial charge in [-0.15, -0.1) is 0 Å². The molecule has 124 valence electrons. The van der Waals surface area contributed by atoms with E-state index < -0.39 is 18.4 Å². The minimum absolute atomic E-state index is 1.30. The van der Waals surface area contributed by atoms with Gasteiger partial charge in [0.2, 0.25) is 0 Å². The third-order valence-electron chi connectivity index (χ3n) is 6.83. The molecule has 0 aliphatic heterocycles. The molecule has 0 amide bonds. The summed E-state index contributed by atoms with van der Waals surface area (Å²) in [5, 5.41) is 0. The monoisotopic (exact) mass is 400 g/mol. The van der Waals surface area contributed by atoms with Gasteiger partial charge in [-0.3, -0.25) is 0 Å². The van der Waals surface area contributed by atoms with E-state index in [1.807, 2.05) is 0 Å². The third kappa shape index (κ3) is 4.88. The SMILES string of the molecule is CCCC[CH2][Sn]([CH2]CCCC)([CH]1CCCC1)[CH]1CCCC1. The normalized spacial score (nSPS) is 21.4. The molecule has 0 spiro atoms. The van der Waals surface area contributed by atoms with Crippen molar-refractivity contribution in [1.82, 2.24) is 0 Å². The zero-order valence-corrected chi connectivity index (χ0v) is 17.8.